The summed E-state index contributed by atoms with van der Waals surface area (Å²) in [6, 6.07) is 0. The molecule has 0 aliphatic carbocycles. The molecule has 0 aromatic rings. The van der Waals surface area contributed by atoms with Gasteiger partial charge in [0.2, 0.25) is 0 Å². The SMILES string of the molecule is CC(C)(C)OC(=O)NC(C)(C)C(=O)[O-].[Ag+]. The molecule has 0 spiro atoms. The minimum absolute atomic E-state index is 0. The zero-order valence-corrected chi connectivity index (χ0v) is 10.9. The van der Waals surface area contributed by atoms with E-state index in [0.29, 0.717) is 0 Å². The molecule has 0 aromatic carbocycles. The van der Waals surface area contributed by atoms with Gasteiger partial charge in [0.25, 0.3) is 0 Å². The van der Waals surface area contributed by atoms with E-state index in [4.69, 9.17) is 4.74 Å². The molecule has 0 bridgehead atoms. The third kappa shape index (κ3) is 7.41. The minimum Gasteiger partial charge on any atom is -0.548 e. The molecular formula is C9H16AgNO4. The summed E-state index contributed by atoms with van der Waals surface area (Å²) in [6.07, 6.45) is -0.772. The van der Waals surface area contributed by atoms with Crippen molar-refractivity contribution in [1.82, 2.24) is 5.32 Å². The Morgan fingerprint density at radius 2 is 1.53 bits per heavy atom. The molecule has 0 rings (SSSR count). The molecule has 0 aliphatic heterocycles. The van der Waals surface area contributed by atoms with E-state index >= 15 is 0 Å². The minimum atomic E-state index is -1.43. The topological polar surface area (TPSA) is 78.5 Å². The molecule has 0 aromatic heterocycles. The van der Waals surface area contributed by atoms with Crippen LogP contribution in [0.2, 0.25) is 0 Å². The third-order valence-corrected chi connectivity index (χ3v) is 1.32. The quantitative estimate of drug-likeness (QED) is 0.730. The van der Waals surface area contributed by atoms with Crippen LogP contribution in [0.4, 0.5) is 4.79 Å². The first-order chi connectivity index (χ1) is 6.04. The Labute approximate surface area is 105 Å². The van der Waals surface area contributed by atoms with Crippen molar-refractivity contribution in [3.05, 3.63) is 0 Å². The second-order valence-electron chi connectivity index (χ2n) is 4.54. The molecule has 0 fully saturated rings. The van der Waals surface area contributed by atoms with Gasteiger partial charge >= 0.3 is 28.5 Å². The van der Waals surface area contributed by atoms with Crippen LogP contribution in [0.3, 0.4) is 0 Å². The smallest absolute Gasteiger partial charge is 0.548 e. The Hall–Kier alpha value is -0.520. The molecule has 1 N–H and O–H groups in total. The van der Waals surface area contributed by atoms with Crippen LogP contribution in [0.1, 0.15) is 34.6 Å². The molecule has 0 heterocycles. The number of hydrogen-bond acceptors (Lipinski definition) is 4. The zero-order chi connectivity index (χ0) is 11.6. The molecule has 0 radical (unpaired) electrons. The fourth-order valence-corrected chi connectivity index (χ4v) is 0.610. The molecule has 0 unspecified atom stereocenters. The van der Waals surface area contributed by atoms with Crippen molar-refractivity contribution < 1.29 is 41.8 Å². The molecule has 0 saturated carbocycles. The maximum absolute atomic E-state index is 11.2. The van der Waals surface area contributed by atoms with E-state index in [1.54, 1.807) is 20.8 Å². The molecule has 1 amide bonds. The summed E-state index contributed by atoms with van der Waals surface area (Å²) in [5, 5.41) is 12.7. The molecule has 6 heteroatoms. The zero-order valence-electron chi connectivity index (χ0n) is 9.43. The van der Waals surface area contributed by atoms with Crippen LogP contribution in [-0.2, 0) is 31.9 Å². The van der Waals surface area contributed by atoms with E-state index in [2.05, 4.69) is 5.32 Å². The second kappa shape index (κ2) is 5.53. The number of aliphatic carboxylic acids is 1. The second-order valence-corrected chi connectivity index (χ2v) is 4.54. The van der Waals surface area contributed by atoms with Crippen LogP contribution < -0.4 is 10.4 Å². The van der Waals surface area contributed by atoms with Crippen LogP contribution in [0.25, 0.3) is 0 Å². The summed E-state index contributed by atoms with van der Waals surface area (Å²) in [6.45, 7) is 7.73. The predicted molar refractivity (Wildman–Crippen MR) is 48.5 cm³/mol. The third-order valence-electron chi connectivity index (χ3n) is 1.32. The number of hydrogen-bond donors (Lipinski definition) is 1. The number of nitrogens with one attached hydrogen (secondary N) is 1. The molecule has 0 saturated heterocycles. The first-order valence-corrected chi connectivity index (χ1v) is 4.27. The summed E-state index contributed by atoms with van der Waals surface area (Å²) < 4.78 is 4.88. The van der Waals surface area contributed by atoms with E-state index in [0.717, 1.165) is 0 Å². The molecule has 0 aliphatic rings. The fourth-order valence-electron chi connectivity index (χ4n) is 0.610. The number of carboxylic acid groups (broad SMARTS) is 1. The van der Waals surface area contributed by atoms with Crippen molar-refractivity contribution in [3.8, 4) is 0 Å². The van der Waals surface area contributed by atoms with E-state index in [1.165, 1.54) is 13.8 Å². The Morgan fingerprint density at radius 1 is 1.13 bits per heavy atom. The van der Waals surface area contributed by atoms with Crippen molar-refractivity contribution in [2.45, 2.75) is 45.8 Å². The maximum atomic E-state index is 11.2. The van der Waals surface area contributed by atoms with Crippen molar-refractivity contribution in [3.63, 3.8) is 0 Å². The van der Waals surface area contributed by atoms with Gasteiger partial charge in [-0.1, -0.05) is 0 Å². The number of carboxylic acids is 1. The Kier molecular flexibility index (Phi) is 6.23. The number of rotatable bonds is 2. The molecule has 92 valence electrons. The number of alkyl carbamates (subject to hydrolysis) is 1. The van der Waals surface area contributed by atoms with E-state index < -0.39 is 23.2 Å². The van der Waals surface area contributed by atoms with E-state index in [-0.39, 0.29) is 22.4 Å². The van der Waals surface area contributed by atoms with Gasteiger partial charge in [0.15, 0.2) is 0 Å². The average molecular weight is 310 g/mol. The van der Waals surface area contributed by atoms with Gasteiger partial charge in [0.1, 0.15) is 5.60 Å². The van der Waals surface area contributed by atoms with Crippen LogP contribution in [-0.4, -0.2) is 23.2 Å². The van der Waals surface area contributed by atoms with Crippen LogP contribution in [0, 0.1) is 0 Å². The van der Waals surface area contributed by atoms with Gasteiger partial charge in [0, 0.05) is 0 Å². The van der Waals surface area contributed by atoms with Crippen LogP contribution >= 0.6 is 0 Å². The molecule has 15 heavy (non-hydrogen) atoms. The Balaban J connectivity index is 0. The van der Waals surface area contributed by atoms with Crippen molar-refractivity contribution in [2.75, 3.05) is 0 Å². The number of amides is 1. The predicted octanol–water partition coefficient (Wildman–Crippen LogP) is 0.0371. The summed E-state index contributed by atoms with van der Waals surface area (Å²) in [4.78, 5) is 21.7. The van der Waals surface area contributed by atoms with Gasteiger partial charge in [-0.15, -0.1) is 0 Å². The van der Waals surface area contributed by atoms with Gasteiger partial charge in [-0.25, -0.2) is 4.79 Å². The standard InChI is InChI=1S/C9H17NO4.Ag/c1-8(2,3)14-7(13)10-9(4,5)6(11)12;/h1-5H3,(H,10,13)(H,11,12);/q;+1/p-1. The average Bonchev–Trinajstić information content (AvgIpc) is 1.79. The Bertz CT molecular complexity index is 245. The van der Waals surface area contributed by atoms with Gasteiger partial charge < -0.3 is 20.0 Å². The number of ether oxygens (including phenoxy) is 1. The molecule has 5 nitrogen and oxygen atoms in total. The van der Waals surface area contributed by atoms with Crippen LogP contribution in [0.5, 0.6) is 0 Å². The monoisotopic (exact) mass is 309 g/mol. The number of carbonyl (C=O) groups is 2. The van der Waals surface area contributed by atoms with Gasteiger partial charge in [-0.3, -0.25) is 0 Å². The number of carbonyl (C=O) groups excluding carboxylic acids is 2. The van der Waals surface area contributed by atoms with E-state index in [9.17, 15) is 14.7 Å². The first kappa shape index (κ1) is 16.9. The summed E-state index contributed by atoms with van der Waals surface area (Å²) in [7, 11) is 0. The van der Waals surface area contributed by atoms with Crippen molar-refractivity contribution >= 4 is 12.1 Å². The largest absolute Gasteiger partial charge is 1.00 e. The fraction of sp³-hybridized carbons (Fsp3) is 0.778. The van der Waals surface area contributed by atoms with E-state index in [1.807, 2.05) is 0 Å². The van der Waals surface area contributed by atoms with Gasteiger partial charge in [-0.05, 0) is 34.6 Å². The van der Waals surface area contributed by atoms with Crippen molar-refractivity contribution in [1.29, 1.82) is 0 Å². The summed E-state index contributed by atoms with van der Waals surface area (Å²) in [5.41, 5.74) is -2.07. The van der Waals surface area contributed by atoms with Crippen molar-refractivity contribution in [2.24, 2.45) is 0 Å². The van der Waals surface area contributed by atoms with Crippen LogP contribution in [0.15, 0.2) is 0 Å². The summed E-state index contributed by atoms with van der Waals surface area (Å²) >= 11 is 0. The maximum Gasteiger partial charge on any atom is 1.00 e. The first-order valence-electron chi connectivity index (χ1n) is 4.27. The molecule has 0 atom stereocenters. The van der Waals surface area contributed by atoms with Gasteiger partial charge in [-0.2, -0.15) is 0 Å². The summed E-state index contributed by atoms with van der Waals surface area (Å²) in [5.74, 6) is -1.36. The van der Waals surface area contributed by atoms with Gasteiger partial charge in [0.05, 0.1) is 11.5 Å². The normalized spacial score (nSPS) is 11.3. The molecular weight excluding hydrogens is 294 g/mol. The Morgan fingerprint density at radius 3 is 1.80 bits per heavy atom.